The third kappa shape index (κ3) is 4.59. The Bertz CT molecular complexity index is 1630. The van der Waals surface area contributed by atoms with Crippen molar-refractivity contribution in [1.29, 1.82) is 0 Å². The van der Waals surface area contributed by atoms with Crippen molar-refractivity contribution in [2.45, 2.75) is 19.0 Å². The first-order valence-electron chi connectivity index (χ1n) is 12.4. The van der Waals surface area contributed by atoms with E-state index in [4.69, 9.17) is 37.7 Å². The molecule has 11 nitrogen and oxygen atoms in total. The first kappa shape index (κ1) is 27.6. The number of halogens is 2. The molecule has 40 heavy (non-hydrogen) atoms. The molecule has 208 valence electrons. The molecule has 0 aliphatic carbocycles. The molecule has 1 aliphatic heterocycles. The lowest BCUT2D eigenvalue weighted by Gasteiger charge is -2.29. The minimum absolute atomic E-state index is 0.00461. The lowest BCUT2D eigenvalue weighted by molar-refractivity contribution is 0.0989. The summed E-state index contributed by atoms with van der Waals surface area (Å²) in [7, 11) is 6.41. The van der Waals surface area contributed by atoms with Crippen LogP contribution in [0.3, 0.4) is 0 Å². The highest BCUT2D eigenvalue weighted by Gasteiger charge is 2.45. The molecular formula is C27H27Cl2N7O4. The molecule has 1 N–H and O–H groups in total. The van der Waals surface area contributed by atoms with E-state index < -0.39 is 6.04 Å². The summed E-state index contributed by atoms with van der Waals surface area (Å²) in [6.07, 6.45) is 3.19. The monoisotopic (exact) mass is 583 g/mol. The van der Waals surface area contributed by atoms with Gasteiger partial charge >= 0.3 is 0 Å². The van der Waals surface area contributed by atoms with Crippen LogP contribution in [-0.2, 0) is 11.8 Å². The number of fused-ring (bicyclic) bond motifs is 1. The number of pyridine rings is 1. The van der Waals surface area contributed by atoms with Crippen molar-refractivity contribution in [1.82, 2.24) is 24.1 Å². The highest BCUT2D eigenvalue weighted by molar-refractivity contribution is 6.31. The number of imidazole rings is 1. The number of carbonyl (C=O) groups excluding carboxylic acids is 1. The number of rotatable bonds is 8. The molecule has 4 aromatic rings. The zero-order valence-corrected chi connectivity index (χ0v) is 24.0. The van der Waals surface area contributed by atoms with Crippen LogP contribution in [0.4, 0.5) is 11.6 Å². The molecule has 2 atom stereocenters. The molecule has 1 unspecified atom stereocenters. The van der Waals surface area contributed by atoms with Crippen LogP contribution in [0.15, 0.2) is 47.5 Å². The molecule has 13 heteroatoms. The number of anilines is 2. The van der Waals surface area contributed by atoms with Gasteiger partial charge in [-0.25, -0.2) is 9.97 Å². The number of hydrogen-bond acceptors (Lipinski definition) is 8. The largest absolute Gasteiger partial charge is 0.480 e. The van der Waals surface area contributed by atoms with Crippen LogP contribution < -0.4 is 20.5 Å². The number of ether oxygens (including phenoxy) is 2. The van der Waals surface area contributed by atoms with E-state index in [-0.39, 0.29) is 28.2 Å². The Morgan fingerprint density at radius 2 is 1.85 bits per heavy atom. The fraction of sp³-hybridized carbons (Fsp3) is 0.296. The van der Waals surface area contributed by atoms with E-state index in [1.807, 2.05) is 23.6 Å². The third-order valence-electron chi connectivity index (χ3n) is 6.74. The van der Waals surface area contributed by atoms with E-state index >= 15 is 0 Å². The predicted octanol–water partition coefficient (Wildman–Crippen LogP) is 4.35. The molecule has 0 spiro atoms. The number of nitrogens with zero attached hydrogens (tertiary/aromatic N) is 6. The number of amides is 1. The van der Waals surface area contributed by atoms with Crippen LogP contribution in [0, 0.1) is 0 Å². The Morgan fingerprint density at radius 1 is 1.12 bits per heavy atom. The van der Waals surface area contributed by atoms with Crippen molar-refractivity contribution < 1.29 is 14.3 Å². The van der Waals surface area contributed by atoms with Gasteiger partial charge in [0.1, 0.15) is 16.9 Å². The average molecular weight is 584 g/mol. The van der Waals surface area contributed by atoms with Gasteiger partial charge in [0.25, 0.3) is 11.5 Å². The van der Waals surface area contributed by atoms with Crippen molar-refractivity contribution in [3.63, 3.8) is 0 Å². The second-order valence-corrected chi connectivity index (χ2v) is 10.1. The molecule has 4 heterocycles. The molecule has 1 aromatic carbocycles. The molecule has 0 bridgehead atoms. The van der Waals surface area contributed by atoms with Crippen molar-refractivity contribution in [2.75, 3.05) is 38.1 Å². The predicted molar refractivity (Wildman–Crippen MR) is 153 cm³/mol. The molecule has 0 fully saturated rings. The van der Waals surface area contributed by atoms with Gasteiger partial charge in [-0.1, -0.05) is 35.3 Å². The standard InChI is InChI=1S/C27H27Cl2N7O4/c1-14(13-39-4)35-22-20(32-23(35)18-11-31-27(30-2)33-24(18)40-5)26(38)36(17-10-19(29)25(37)34(3)12-17)21(22)15-6-8-16(28)9-7-15/h6-12,14,21H,13H2,1-5H3,(H,30,31,33)/t14?,21-/m0/s1. The molecule has 1 aliphatic rings. The maximum Gasteiger partial charge on any atom is 0.279 e. The van der Waals surface area contributed by atoms with Crippen LogP contribution in [0.5, 0.6) is 5.88 Å². The average Bonchev–Trinajstić information content (AvgIpc) is 3.46. The van der Waals surface area contributed by atoms with Crippen LogP contribution in [0.1, 0.15) is 40.8 Å². The summed E-state index contributed by atoms with van der Waals surface area (Å²) >= 11 is 12.5. The number of aromatic nitrogens is 5. The topological polar surface area (TPSA) is 116 Å². The van der Waals surface area contributed by atoms with E-state index in [1.54, 1.807) is 50.6 Å². The Morgan fingerprint density at radius 3 is 2.48 bits per heavy atom. The molecule has 5 rings (SSSR count). The first-order valence-corrected chi connectivity index (χ1v) is 13.1. The van der Waals surface area contributed by atoms with Gasteiger partial charge in [0.2, 0.25) is 11.8 Å². The summed E-state index contributed by atoms with van der Waals surface area (Å²) in [6.45, 7) is 2.31. The lowest BCUT2D eigenvalue weighted by Crippen LogP contribution is -2.32. The molecule has 0 radical (unpaired) electrons. The van der Waals surface area contributed by atoms with E-state index in [1.165, 1.54) is 17.7 Å². The second-order valence-electron chi connectivity index (χ2n) is 9.30. The molecule has 1 amide bonds. The maximum absolute atomic E-state index is 14.2. The minimum atomic E-state index is -0.627. The quantitative estimate of drug-likeness (QED) is 0.325. The SMILES string of the molecule is CNc1ncc(-c2nc3c(n2C(C)COC)[C@H](c2ccc(Cl)cc2)N(c2cc(Cl)c(=O)n(C)c2)C3=O)c(OC)n1. The highest BCUT2D eigenvalue weighted by Crippen LogP contribution is 2.45. The summed E-state index contributed by atoms with van der Waals surface area (Å²) in [5.41, 5.74) is 2.25. The van der Waals surface area contributed by atoms with Gasteiger partial charge < -0.3 is 23.9 Å². The molecule has 3 aromatic heterocycles. The van der Waals surface area contributed by atoms with Crippen molar-refractivity contribution in [2.24, 2.45) is 7.05 Å². The normalized spacial score (nSPS) is 15.3. The zero-order chi connectivity index (χ0) is 28.7. The summed E-state index contributed by atoms with van der Waals surface area (Å²) in [5.74, 6) is 0.774. The van der Waals surface area contributed by atoms with Crippen LogP contribution in [0.2, 0.25) is 10.0 Å². The summed E-state index contributed by atoms with van der Waals surface area (Å²) in [6, 6.07) is 7.85. The first-order chi connectivity index (χ1) is 19.2. The molecule has 0 saturated carbocycles. The number of methoxy groups -OCH3 is 2. The summed E-state index contributed by atoms with van der Waals surface area (Å²) in [5, 5.41) is 3.45. The fourth-order valence-electron chi connectivity index (χ4n) is 4.97. The van der Waals surface area contributed by atoms with Gasteiger partial charge in [-0.3, -0.25) is 14.5 Å². The summed E-state index contributed by atoms with van der Waals surface area (Å²) in [4.78, 5) is 41.8. The van der Waals surface area contributed by atoms with Gasteiger partial charge in [-0.2, -0.15) is 4.98 Å². The number of carbonyl (C=O) groups is 1. The van der Waals surface area contributed by atoms with Gasteiger partial charge in [0, 0.05) is 38.6 Å². The molecule has 0 saturated heterocycles. The molecular weight excluding hydrogens is 557 g/mol. The van der Waals surface area contributed by atoms with E-state index in [0.717, 1.165) is 5.56 Å². The Hall–Kier alpha value is -3.93. The number of aryl methyl sites for hydroxylation is 1. The van der Waals surface area contributed by atoms with Crippen molar-refractivity contribution in [3.8, 4) is 17.3 Å². The maximum atomic E-state index is 14.2. The van der Waals surface area contributed by atoms with Crippen LogP contribution >= 0.6 is 23.2 Å². The minimum Gasteiger partial charge on any atom is -0.480 e. The Labute approximate surface area is 240 Å². The second kappa shape index (κ2) is 10.9. The Balaban J connectivity index is 1.80. The van der Waals surface area contributed by atoms with Gasteiger partial charge in [-0.05, 0) is 30.7 Å². The summed E-state index contributed by atoms with van der Waals surface area (Å²) < 4.78 is 14.4. The Kier molecular flexibility index (Phi) is 7.54. The van der Waals surface area contributed by atoms with E-state index in [0.29, 0.717) is 46.2 Å². The number of benzene rings is 1. The van der Waals surface area contributed by atoms with Gasteiger partial charge in [-0.15, -0.1) is 0 Å². The third-order valence-corrected chi connectivity index (χ3v) is 7.26. The highest BCUT2D eigenvalue weighted by atomic mass is 35.5. The van der Waals surface area contributed by atoms with E-state index in [2.05, 4.69) is 15.3 Å². The van der Waals surface area contributed by atoms with E-state index in [9.17, 15) is 9.59 Å². The van der Waals surface area contributed by atoms with Gasteiger partial charge in [0.15, 0.2) is 5.69 Å². The van der Waals surface area contributed by atoms with Crippen LogP contribution in [-0.4, -0.2) is 57.9 Å². The number of hydrogen-bond donors (Lipinski definition) is 1. The van der Waals surface area contributed by atoms with Crippen molar-refractivity contribution in [3.05, 3.63) is 80.1 Å². The fourth-order valence-corrected chi connectivity index (χ4v) is 5.34. The van der Waals surface area contributed by atoms with Gasteiger partial charge in [0.05, 0.1) is 36.7 Å². The smallest absolute Gasteiger partial charge is 0.279 e. The lowest BCUT2D eigenvalue weighted by atomic mass is 10.0. The van der Waals surface area contributed by atoms with Crippen LogP contribution in [0.25, 0.3) is 11.4 Å². The zero-order valence-electron chi connectivity index (χ0n) is 22.5. The van der Waals surface area contributed by atoms with Crippen molar-refractivity contribution >= 4 is 40.7 Å². The number of nitrogens with one attached hydrogen (secondary N) is 1.